The van der Waals surface area contributed by atoms with Crippen molar-refractivity contribution < 1.29 is 19.1 Å². The van der Waals surface area contributed by atoms with E-state index >= 15 is 0 Å². The molecular formula is C18H28N2O4. The highest BCUT2D eigenvalue weighted by Gasteiger charge is 2.17. The van der Waals surface area contributed by atoms with Gasteiger partial charge >= 0.3 is 0 Å². The lowest BCUT2D eigenvalue weighted by atomic mass is 10.0. The number of benzene rings is 1. The Hall–Kier alpha value is -2.08. The summed E-state index contributed by atoms with van der Waals surface area (Å²) in [6.45, 7) is 5.22. The average Bonchev–Trinajstić information content (AvgIpc) is 2.53. The second-order valence-electron chi connectivity index (χ2n) is 6.31. The predicted octanol–water partition coefficient (Wildman–Crippen LogP) is 1.98. The summed E-state index contributed by atoms with van der Waals surface area (Å²) < 4.78 is 10.8. The van der Waals surface area contributed by atoms with Gasteiger partial charge in [-0.05, 0) is 38.2 Å². The number of carbonyl (C=O) groups excluding carboxylic acids is 2. The van der Waals surface area contributed by atoms with Crippen LogP contribution in [0, 0.1) is 5.92 Å². The number of likely N-dealkylation sites (N-methyl/N-ethyl adjacent to an activating group) is 1. The Bertz CT molecular complexity index is 544. The van der Waals surface area contributed by atoms with Gasteiger partial charge in [0.25, 0.3) is 0 Å². The Balaban J connectivity index is 2.51. The Kier molecular flexibility index (Phi) is 8.26. The van der Waals surface area contributed by atoms with Crippen LogP contribution < -0.4 is 14.8 Å². The monoisotopic (exact) mass is 336 g/mol. The third-order valence-electron chi connectivity index (χ3n) is 3.62. The van der Waals surface area contributed by atoms with E-state index in [0.717, 1.165) is 12.8 Å². The summed E-state index contributed by atoms with van der Waals surface area (Å²) in [5, 5.41) is 3.04. The summed E-state index contributed by atoms with van der Waals surface area (Å²) in [7, 11) is 5.48. The van der Waals surface area contributed by atoms with Crippen LogP contribution in [0.5, 0.6) is 11.5 Å². The first kappa shape index (κ1) is 20.0. The van der Waals surface area contributed by atoms with E-state index in [1.165, 1.54) is 7.11 Å². The van der Waals surface area contributed by atoms with Gasteiger partial charge in [0, 0.05) is 18.2 Å². The van der Waals surface area contributed by atoms with E-state index in [9.17, 15) is 9.59 Å². The van der Waals surface area contributed by atoms with Gasteiger partial charge in [-0.1, -0.05) is 13.8 Å². The average molecular weight is 336 g/mol. The number of ether oxygens (including phenoxy) is 2. The Morgan fingerprint density at radius 1 is 1.29 bits per heavy atom. The Labute approximate surface area is 144 Å². The molecule has 134 valence electrons. The highest BCUT2D eigenvalue weighted by atomic mass is 16.5. The molecule has 6 nitrogen and oxygen atoms in total. The molecule has 1 atom stereocenters. The second kappa shape index (κ2) is 9.93. The maximum absolute atomic E-state index is 12.1. The van der Waals surface area contributed by atoms with Crippen LogP contribution in [-0.4, -0.2) is 57.5 Å². The summed E-state index contributed by atoms with van der Waals surface area (Å²) in [4.78, 5) is 24.9. The molecule has 0 fully saturated rings. The van der Waals surface area contributed by atoms with Crippen molar-refractivity contribution in [3.63, 3.8) is 0 Å². The summed E-state index contributed by atoms with van der Waals surface area (Å²) in [5.74, 6) is 1.31. The zero-order valence-corrected chi connectivity index (χ0v) is 15.2. The number of amides is 1. The van der Waals surface area contributed by atoms with Gasteiger partial charge in [-0.15, -0.1) is 0 Å². The van der Waals surface area contributed by atoms with Crippen molar-refractivity contribution in [1.82, 2.24) is 10.2 Å². The third-order valence-corrected chi connectivity index (χ3v) is 3.62. The van der Waals surface area contributed by atoms with E-state index < -0.39 is 0 Å². The molecule has 0 spiro atoms. The largest absolute Gasteiger partial charge is 0.493 e. The molecule has 1 aromatic carbocycles. The zero-order valence-electron chi connectivity index (χ0n) is 15.2. The minimum Gasteiger partial charge on any atom is -0.493 e. The molecule has 0 heterocycles. The van der Waals surface area contributed by atoms with E-state index in [1.54, 1.807) is 18.2 Å². The van der Waals surface area contributed by atoms with Crippen LogP contribution in [0.3, 0.4) is 0 Å². The van der Waals surface area contributed by atoms with Gasteiger partial charge in [-0.25, -0.2) is 0 Å². The molecule has 0 bridgehead atoms. The molecule has 24 heavy (non-hydrogen) atoms. The van der Waals surface area contributed by atoms with Crippen LogP contribution in [0.25, 0.3) is 0 Å². The molecule has 0 radical (unpaired) electrons. The van der Waals surface area contributed by atoms with Gasteiger partial charge in [0.05, 0.1) is 20.1 Å². The topological polar surface area (TPSA) is 67.9 Å². The molecule has 0 aliphatic rings. The van der Waals surface area contributed by atoms with Crippen LogP contribution in [0.1, 0.15) is 30.6 Å². The van der Waals surface area contributed by atoms with E-state index in [1.807, 2.05) is 14.1 Å². The number of rotatable bonds is 10. The molecule has 0 saturated heterocycles. The summed E-state index contributed by atoms with van der Waals surface area (Å²) in [6.07, 6.45) is 1.01. The molecule has 0 saturated carbocycles. The van der Waals surface area contributed by atoms with E-state index in [-0.39, 0.29) is 25.0 Å². The highest BCUT2D eigenvalue weighted by molar-refractivity contribution is 5.77. The van der Waals surface area contributed by atoms with Crippen LogP contribution >= 0.6 is 0 Å². The van der Waals surface area contributed by atoms with Gasteiger partial charge in [0.15, 0.2) is 11.5 Å². The summed E-state index contributed by atoms with van der Waals surface area (Å²) in [6, 6.07) is 5.03. The van der Waals surface area contributed by atoms with Gasteiger partial charge in [0.2, 0.25) is 5.91 Å². The molecule has 1 rings (SSSR count). The summed E-state index contributed by atoms with van der Waals surface area (Å²) in [5.41, 5.74) is 0.514. The number of hydrogen-bond acceptors (Lipinski definition) is 5. The zero-order chi connectivity index (χ0) is 18.1. The normalized spacial score (nSPS) is 12.1. The van der Waals surface area contributed by atoms with Crippen molar-refractivity contribution in [2.45, 2.75) is 26.3 Å². The first-order valence-electron chi connectivity index (χ1n) is 8.07. The van der Waals surface area contributed by atoms with Crippen LogP contribution in [0.4, 0.5) is 0 Å². The fourth-order valence-corrected chi connectivity index (χ4v) is 2.23. The molecule has 0 aliphatic carbocycles. The van der Waals surface area contributed by atoms with Crippen LogP contribution in [0.15, 0.2) is 18.2 Å². The van der Waals surface area contributed by atoms with E-state index in [4.69, 9.17) is 9.47 Å². The molecule has 1 amide bonds. The van der Waals surface area contributed by atoms with Gasteiger partial charge in [-0.2, -0.15) is 0 Å². The number of nitrogens with zero attached hydrogens (tertiary/aromatic N) is 1. The van der Waals surface area contributed by atoms with E-state index in [2.05, 4.69) is 24.1 Å². The number of carbonyl (C=O) groups is 2. The van der Waals surface area contributed by atoms with Crippen molar-refractivity contribution in [3.05, 3.63) is 23.8 Å². The van der Waals surface area contributed by atoms with Crippen LogP contribution in [-0.2, 0) is 4.79 Å². The first-order chi connectivity index (χ1) is 11.4. The second-order valence-corrected chi connectivity index (χ2v) is 6.31. The van der Waals surface area contributed by atoms with Crippen molar-refractivity contribution in [1.29, 1.82) is 0 Å². The van der Waals surface area contributed by atoms with Crippen LogP contribution in [0.2, 0.25) is 0 Å². The standard InChI is InChI=1S/C18H28N2O4/c1-13(2)15(11-20(3)4)19-18(22)8-9-24-16-7-6-14(12-21)10-17(16)23-5/h6-7,10,12-13,15H,8-9,11H2,1-5H3,(H,19,22). The first-order valence-corrected chi connectivity index (χ1v) is 8.07. The van der Waals surface area contributed by atoms with Crippen molar-refractivity contribution >= 4 is 12.2 Å². The lowest BCUT2D eigenvalue weighted by Crippen LogP contribution is -2.45. The maximum atomic E-state index is 12.1. The molecular weight excluding hydrogens is 308 g/mol. The number of methoxy groups -OCH3 is 1. The molecule has 6 heteroatoms. The molecule has 1 N–H and O–H groups in total. The molecule has 0 aromatic heterocycles. The van der Waals surface area contributed by atoms with Crippen molar-refractivity contribution in [2.24, 2.45) is 5.92 Å². The minimum absolute atomic E-state index is 0.0426. The van der Waals surface area contributed by atoms with Crippen molar-refractivity contribution in [3.8, 4) is 11.5 Å². The minimum atomic E-state index is -0.0426. The van der Waals surface area contributed by atoms with Gasteiger partial charge in [0.1, 0.15) is 6.29 Å². The maximum Gasteiger partial charge on any atom is 0.223 e. The van der Waals surface area contributed by atoms with Gasteiger partial charge < -0.3 is 19.7 Å². The Morgan fingerprint density at radius 3 is 2.54 bits per heavy atom. The fraction of sp³-hybridized carbons (Fsp3) is 0.556. The number of hydrogen-bond donors (Lipinski definition) is 1. The Morgan fingerprint density at radius 2 is 2.00 bits per heavy atom. The number of nitrogens with one attached hydrogen (secondary N) is 1. The highest BCUT2D eigenvalue weighted by Crippen LogP contribution is 2.27. The quantitative estimate of drug-likeness (QED) is 0.662. The molecule has 0 aliphatic heterocycles. The molecule has 1 aromatic rings. The van der Waals surface area contributed by atoms with Gasteiger partial charge in [-0.3, -0.25) is 9.59 Å². The smallest absolute Gasteiger partial charge is 0.223 e. The number of aldehydes is 1. The lowest BCUT2D eigenvalue weighted by Gasteiger charge is -2.25. The van der Waals surface area contributed by atoms with E-state index in [0.29, 0.717) is 23.0 Å². The lowest BCUT2D eigenvalue weighted by molar-refractivity contribution is -0.122. The summed E-state index contributed by atoms with van der Waals surface area (Å²) >= 11 is 0. The predicted molar refractivity (Wildman–Crippen MR) is 93.8 cm³/mol. The fourth-order valence-electron chi connectivity index (χ4n) is 2.23. The SMILES string of the molecule is COc1cc(C=O)ccc1OCCC(=O)NC(CN(C)C)C(C)C. The van der Waals surface area contributed by atoms with Crippen molar-refractivity contribution in [2.75, 3.05) is 34.4 Å². The third kappa shape index (κ3) is 6.58. The molecule has 1 unspecified atom stereocenters.